The van der Waals surface area contributed by atoms with Gasteiger partial charge in [0.2, 0.25) is 0 Å². The maximum absolute atomic E-state index is 13.0. The minimum absolute atomic E-state index is 0.00799. The molecule has 1 aliphatic rings. The number of hydrogen-bond acceptors (Lipinski definition) is 3. The Morgan fingerprint density at radius 1 is 1.47 bits per heavy atom. The highest BCUT2D eigenvalue weighted by molar-refractivity contribution is 5.95. The monoisotopic (exact) mass is 266 g/mol. The number of rotatable bonds is 3. The first-order chi connectivity index (χ1) is 9.08. The van der Waals surface area contributed by atoms with Gasteiger partial charge < -0.3 is 15.8 Å². The minimum atomic E-state index is -0.506. The van der Waals surface area contributed by atoms with Gasteiger partial charge in [-0.05, 0) is 43.9 Å². The summed E-state index contributed by atoms with van der Waals surface area (Å²) in [5.41, 5.74) is 5.84. The molecule has 0 aliphatic carbocycles. The van der Waals surface area contributed by atoms with E-state index in [1.807, 2.05) is 6.92 Å². The van der Waals surface area contributed by atoms with Gasteiger partial charge in [0.1, 0.15) is 5.82 Å². The van der Waals surface area contributed by atoms with Gasteiger partial charge in [-0.15, -0.1) is 0 Å². The molecule has 104 valence electrons. The second kappa shape index (κ2) is 6.02. The second-order valence-corrected chi connectivity index (χ2v) is 4.95. The maximum Gasteiger partial charge on any atom is 0.251 e. The summed E-state index contributed by atoms with van der Waals surface area (Å²) in [5, 5.41) is 2.94. The fourth-order valence-electron chi connectivity index (χ4n) is 2.31. The van der Waals surface area contributed by atoms with Gasteiger partial charge in [0.25, 0.3) is 5.91 Å². The number of ether oxygens (including phenoxy) is 1. The first-order valence-electron chi connectivity index (χ1n) is 6.51. The number of anilines is 1. The predicted molar refractivity (Wildman–Crippen MR) is 71.3 cm³/mol. The molecule has 1 atom stereocenters. The van der Waals surface area contributed by atoms with E-state index in [1.165, 1.54) is 18.2 Å². The van der Waals surface area contributed by atoms with Crippen LogP contribution in [0.5, 0.6) is 0 Å². The molecule has 1 heterocycles. The quantitative estimate of drug-likeness (QED) is 0.822. The zero-order valence-corrected chi connectivity index (χ0v) is 11.0. The lowest BCUT2D eigenvalue weighted by Crippen LogP contribution is -2.40. The topological polar surface area (TPSA) is 64.4 Å². The van der Waals surface area contributed by atoms with Crippen LogP contribution in [0.1, 0.15) is 30.1 Å². The van der Waals surface area contributed by atoms with Crippen molar-refractivity contribution in [3.05, 3.63) is 29.6 Å². The van der Waals surface area contributed by atoms with E-state index in [2.05, 4.69) is 5.32 Å². The molecule has 1 aromatic carbocycles. The van der Waals surface area contributed by atoms with Crippen LogP contribution < -0.4 is 11.1 Å². The summed E-state index contributed by atoms with van der Waals surface area (Å²) in [4.78, 5) is 12.0. The van der Waals surface area contributed by atoms with Crippen molar-refractivity contribution in [2.45, 2.75) is 25.8 Å². The maximum atomic E-state index is 13.0. The molecule has 1 saturated heterocycles. The molecule has 1 aliphatic heterocycles. The normalized spacial score (nSPS) is 18.0. The van der Waals surface area contributed by atoms with Crippen LogP contribution in [-0.2, 0) is 4.74 Å². The molecule has 1 unspecified atom stereocenters. The van der Waals surface area contributed by atoms with Gasteiger partial charge in [-0.1, -0.05) is 0 Å². The fraction of sp³-hybridized carbons (Fsp3) is 0.500. The summed E-state index contributed by atoms with van der Waals surface area (Å²) >= 11 is 0. The molecule has 0 bridgehead atoms. The number of carbonyl (C=O) groups is 1. The summed E-state index contributed by atoms with van der Waals surface area (Å²) in [6, 6.07) is 4.09. The second-order valence-electron chi connectivity index (χ2n) is 4.95. The predicted octanol–water partition coefficient (Wildman–Crippen LogP) is 1.95. The molecule has 19 heavy (non-hydrogen) atoms. The number of nitrogen functional groups attached to an aromatic ring is 1. The highest BCUT2D eigenvalue weighted by Gasteiger charge is 2.22. The molecule has 3 N–H and O–H groups in total. The number of halogens is 1. The van der Waals surface area contributed by atoms with Crippen molar-refractivity contribution in [2.75, 3.05) is 18.9 Å². The summed E-state index contributed by atoms with van der Waals surface area (Å²) in [6.45, 7) is 3.48. The lowest BCUT2D eigenvalue weighted by atomic mass is 9.93. The zero-order chi connectivity index (χ0) is 13.8. The van der Waals surface area contributed by atoms with Crippen LogP contribution in [0.3, 0.4) is 0 Å². The third-order valence-corrected chi connectivity index (χ3v) is 3.59. The van der Waals surface area contributed by atoms with Gasteiger partial charge in [-0.2, -0.15) is 0 Å². The van der Waals surface area contributed by atoms with E-state index in [0.717, 1.165) is 26.1 Å². The molecular formula is C14H19FN2O2. The van der Waals surface area contributed by atoms with Gasteiger partial charge in [-0.25, -0.2) is 4.39 Å². The van der Waals surface area contributed by atoms with Crippen LogP contribution in [0, 0.1) is 11.7 Å². The number of amides is 1. The van der Waals surface area contributed by atoms with Gasteiger partial charge in [0.15, 0.2) is 0 Å². The Labute approximate surface area is 112 Å². The Hall–Kier alpha value is -1.62. The van der Waals surface area contributed by atoms with Crippen molar-refractivity contribution in [2.24, 2.45) is 5.92 Å². The third-order valence-electron chi connectivity index (χ3n) is 3.59. The molecule has 0 radical (unpaired) electrons. The summed E-state index contributed by atoms with van der Waals surface area (Å²) < 4.78 is 18.3. The largest absolute Gasteiger partial charge is 0.396 e. The van der Waals surface area contributed by atoms with Crippen LogP contribution in [0.2, 0.25) is 0 Å². The Kier molecular flexibility index (Phi) is 4.37. The van der Waals surface area contributed by atoms with Crippen molar-refractivity contribution >= 4 is 11.6 Å². The lowest BCUT2D eigenvalue weighted by Gasteiger charge is -2.28. The minimum Gasteiger partial charge on any atom is -0.396 e. The number of benzene rings is 1. The van der Waals surface area contributed by atoms with Crippen LogP contribution >= 0.6 is 0 Å². The first kappa shape index (κ1) is 13.8. The van der Waals surface area contributed by atoms with Crippen molar-refractivity contribution in [1.29, 1.82) is 0 Å². The van der Waals surface area contributed by atoms with Crippen molar-refractivity contribution in [3.8, 4) is 0 Å². The van der Waals surface area contributed by atoms with Crippen LogP contribution in [0.4, 0.5) is 10.1 Å². The molecule has 0 saturated carbocycles. The summed E-state index contributed by atoms with van der Waals surface area (Å²) in [6.07, 6.45) is 1.90. The molecule has 1 amide bonds. The average molecular weight is 266 g/mol. The van der Waals surface area contributed by atoms with E-state index >= 15 is 0 Å². The zero-order valence-electron chi connectivity index (χ0n) is 11.0. The Morgan fingerprint density at radius 3 is 2.79 bits per heavy atom. The molecule has 1 fully saturated rings. The van der Waals surface area contributed by atoms with E-state index in [9.17, 15) is 9.18 Å². The van der Waals surface area contributed by atoms with E-state index in [4.69, 9.17) is 10.5 Å². The van der Waals surface area contributed by atoms with Crippen LogP contribution in [-0.4, -0.2) is 25.2 Å². The number of hydrogen-bond donors (Lipinski definition) is 2. The van der Waals surface area contributed by atoms with Crippen molar-refractivity contribution in [3.63, 3.8) is 0 Å². The van der Waals surface area contributed by atoms with Gasteiger partial charge in [0, 0.05) is 24.8 Å². The molecular weight excluding hydrogens is 247 g/mol. The molecule has 4 nitrogen and oxygen atoms in total. The SMILES string of the molecule is CC(NC(=O)c1ccc(F)c(N)c1)C1CCOCC1. The van der Waals surface area contributed by atoms with E-state index in [-0.39, 0.29) is 17.6 Å². The number of nitrogens with two attached hydrogens (primary N) is 1. The Morgan fingerprint density at radius 2 is 2.16 bits per heavy atom. The van der Waals surface area contributed by atoms with Gasteiger partial charge in [0.05, 0.1) is 5.69 Å². The molecule has 0 spiro atoms. The number of nitrogens with one attached hydrogen (secondary N) is 1. The highest BCUT2D eigenvalue weighted by Crippen LogP contribution is 2.19. The van der Waals surface area contributed by atoms with Crippen molar-refractivity contribution in [1.82, 2.24) is 5.32 Å². The van der Waals surface area contributed by atoms with E-state index < -0.39 is 5.82 Å². The average Bonchev–Trinajstić information content (AvgIpc) is 2.42. The van der Waals surface area contributed by atoms with Gasteiger partial charge in [-0.3, -0.25) is 4.79 Å². The third kappa shape index (κ3) is 3.44. The van der Waals surface area contributed by atoms with Crippen LogP contribution in [0.25, 0.3) is 0 Å². The molecule has 1 aromatic rings. The molecule has 2 rings (SSSR count). The van der Waals surface area contributed by atoms with Crippen LogP contribution in [0.15, 0.2) is 18.2 Å². The first-order valence-corrected chi connectivity index (χ1v) is 6.51. The highest BCUT2D eigenvalue weighted by atomic mass is 19.1. The smallest absolute Gasteiger partial charge is 0.251 e. The lowest BCUT2D eigenvalue weighted by molar-refractivity contribution is 0.0538. The van der Waals surface area contributed by atoms with E-state index in [1.54, 1.807) is 0 Å². The number of carbonyl (C=O) groups excluding carboxylic acids is 1. The molecule has 5 heteroatoms. The summed E-state index contributed by atoms with van der Waals surface area (Å²) in [7, 11) is 0. The van der Waals surface area contributed by atoms with Gasteiger partial charge >= 0.3 is 0 Å². The van der Waals surface area contributed by atoms with Crippen molar-refractivity contribution < 1.29 is 13.9 Å². The Balaban J connectivity index is 1.97. The Bertz CT molecular complexity index is 459. The standard InChI is InChI=1S/C14H19FN2O2/c1-9(10-4-6-19-7-5-10)17-14(18)11-2-3-12(15)13(16)8-11/h2-3,8-10H,4-7,16H2,1H3,(H,17,18). The summed E-state index contributed by atoms with van der Waals surface area (Å²) in [5.74, 6) is -0.296. The molecule has 0 aromatic heterocycles. The fourth-order valence-corrected chi connectivity index (χ4v) is 2.31. The van der Waals surface area contributed by atoms with E-state index in [0.29, 0.717) is 11.5 Å².